The highest BCUT2D eigenvalue weighted by Crippen LogP contribution is 2.18. The number of amides is 3. The number of methoxy groups -OCH3 is 1. The summed E-state index contributed by atoms with van der Waals surface area (Å²) in [5.74, 6) is -0.453. The minimum Gasteiger partial charge on any atom is -0.453 e. The van der Waals surface area contributed by atoms with Crippen LogP contribution in [-0.4, -0.2) is 32.1 Å². The molecule has 3 N–H and O–H groups in total. The summed E-state index contributed by atoms with van der Waals surface area (Å²) in [6.07, 6.45) is -0.379. The zero-order valence-corrected chi connectivity index (χ0v) is 14.0. The normalized spacial score (nSPS) is 9.84. The maximum Gasteiger partial charge on any atom is 0.411 e. The monoisotopic (exact) mass is 341 g/mol. The van der Waals surface area contributed by atoms with Crippen molar-refractivity contribution in [3.05, 3.63) is 59.7 Å². The molecular weight excluding hydrogens is 322 g/mol. The van der Waals surface area contributed by atoms with E-state index >= 15 is 0 Å². The third-order valence-electron chi connectivity index (χ3n) is 3.45. The van der Waals surface area contributed by atoms with Gasteiger partial charge in [0.2, 0.25) is 5.91 Å². The SMILES string of the molecule is CNC(=O)Cc1ccc(NC(=O)c2ccccc2NC(=O)OC)cc1. The number of carbonyl (C=O) groups excluding carboxylic acids is 3. The molecule has 7 nitrogen and oxygen atoms in total. The summed E-state index contributed by atoms with van der Waals surface area (Å²) >= 11 is 0. The van der Waals surface area contributed by atoms with Crippen LogP contribution in [0.1, 0.15) is 15.9 Å². The van der Waals surface area contributed by atoms with Gasteiger partial charge in [-0.3, -0.25) is 14.9 Å². The van der Waals surface area contributed by atoms with Gasteiger partial charge in [-0.1, -0.05) is 24.3 Å². The van der Waals surface area contributed by atoms with Crippen LogP contribution in [0.5, 0.6) is 0 Å². The Morgan fingerprint density at radius 1 is 0.960 bits per heavy atom. The Labute approximate surface area is 145 Å². The number of benzene rings is 2. The number of likely N-dealkylation sites (N-methyl/N-ethyl adjacent to an activating group) is 1. The number of ether oxygens (including phenoxy) is 1. The summed E-state index contributed by atoms with van der Waals surface area (Å²) in [4.78, 5) is 35.2. The Kier molecular flexibility index (Phi) is 6.11. The molecule has 0 aromatic heterocycles. The molecule has 0 spiro atoms. The van der Waals surface area contributed by atoms with E-state index < -0.39 is 6.09 Å². The van der Waals surface area contributed by atoms with Crippen molar-refractivity contribution < 1.29 is 19.1 Å². The van der Waals surface area contributed by atoms with Gasteiger partial charge in [-0.15, -0.1) is 0 Å². The molecule has 0 aliphatic carbocycles. The number of para-hydroxylation sites is 1. The predicted molar refractivity (Wildman–Crippen MR) is 94.6 cm³/mol. The van der Waals surface area contributed by atoms with E-state index in [9.17, 15) is 14.4 Å². The second kappa shape index (κ2) is 8.49. The van der Waals surface area contributed by atoms with E-state index in [0.717, 1.165) is 5.56 Å². The fourth-order valence-electron chi connectivity index (χ4n) is 2.13. The molecule has 7 heteroatoms. The number of carbonyl (C=O) groups is 3. The highest BCUT2D eigenvalue weighted by molar-refractivity contribution is 6.09. The highest BCUT2D eigenvalue weighted by atomic mass is 16.5. The van der Waals surface area contributed by atoms with Crippen LogP contribution in [0.2, 0.25) is 0 Å². The molecule has 0 fully saturated rings. The molecule has 0 bridgehead atoms. The first-order valence-electron chi connectivity index (χ1n) is 7.58. The molecule has 2 aromatic carbocycles. The van der Waals surface area contributed by atoms with Crippen LogP contribution in [0, 0.1) is 0 Å². The molecule has 0 heterocycles. The van der Waals surface area contributed by atoms with Crippen molar-refractivity contribution >= 4 is 29.3 Å². The third-order valence-corrected chi connectivity index (χ3v) is 3.45. The maximum atomic E-state index is 12.4. The maximum absolute atomic E-state index is 12.4. The average molecular weight is 341 g/mol. The third kappa shape index (κ3) is 5.07. The highest BCUT2D eigenvalue weighted by Gasteiger charge is 2.13. The van der Waals surface area contributed by atoms with Crippen LogP contribution in [-0.2, 0) is 16.0 Å². The van der Waals surface area contributed by atoms with Gasteiger partial charge in [0.15, 0.2) is 0 Å². The predicted octanol–water partition coefficient (Wildman–Crippen LogP) is 2.41. The van der Waals surface area contributed by atoms with E-state index in [4.69, 9.17) is 0 Å². The van der Waals surface area contributed by atoms with Crippen molar-refractivity contribution in [3.8, 4) is 0 Å². The molecule has 130 valence electrons. The Morgan fingerprint density at radius 2 is 1.64 bits per heavy atom. The lowest BCUT2D eigenvalue weighted by molar-refractivity contribution is -0.119. The van der Waals surface area contributed by atoms with Gasteiger partial charge in [0.25, 0.3) is 5.91 Å². The van der Waals surface area contributed by atoms with Gasteiger partial charge in [0.05, 0.1) is 24.8 Å². The summed E-state index contributed by atoms with van der Waals surface area (Å²) in [6, 6.07) is 13.6. The zero-order chi connectivity index (χ0) is 18.2. The van der Waals surface area contributed by atoms with Crippen LogP contribution < -0.4 is 16.0 Å². The second-order valence-electron chi connectivity index (χ2n) is 5.16. The lowest BCUT2D eigenvalue weighted by atomic mass is 10.1. The first-order valence-corrected chi connectivity index (χ1v) is 7.58. The number of anilines is 2. The van der Waals surface area contributed by atoms with Gasteiger partial charge in [0.1, 0.15) is 0 Å². The first kappa shape index (κ1) is 18.0. The molecule has 0 aliphatic rings. The molecule has 3 amide bonds. The lowest BCUT2D eigenvalue weighted by Gasteiger charge is -2.11. The molecular formula is C18H19N3O4. The molecule has 0 atom stereocenters. The quantitative estimate of drug-likeness (QED) is 0.778. The van der Waals surface area contributed by atoms with Crippen molar-refractivity contribution in [2.75, 3.05) is 24.8 Å². The van der Waals surface area contributed by atoms with E-state index in [1.54, 1.807) is 55.6 Å². The van der Waals surface area contributed by atoms with E-state index in [0.29, 0.717) is 16.9 Å². The number of nitrogens with one attached hydrogen (secondary N) is 3. The molecule has 0 aliphatic heterocycles. The number of hydrogen-bond donors (Lipinski definition) is 3. The van der Waals surface area contributed by atoms with Crippen LogP contribution in [0.25, 0.3) is 0 Å². The van der Waals surface area contributed by atoms with Crippen molar-refractivity contribution in [1.29, 1.82) is 0 Å². The summed E-state index contributed by atoms with van der Waals surface area (Å²) in [5.41, 5.74) is 2.08. The van der Waals surface area contributed by atoms with Crippen molar-refractivity contribution in [1.82, 2.24) is 5.32 Å². The minimum absolute atomic E-state index is 0.0837. The summed E-state index contributed by atoms with van der Waals surface area (Å²) in [5, 5.41) is 7.81. The van der Waals surface area contributed by atoms with Crippen LogP contribution in [0.15, 0.2) is 48.5 Å². The fraction of sp³-hybridized carbons (Fsp3) is 0.167. The molecule has 25 heavy (non-hydrogen) atoms. The second-order valence-corrected chi connectivity index (χ2v) is 5.16. The molecule has 0 unspecified atom stereocenters. The van der Waals surface area contributed by atoms with Crippen molar-refractivity contribution in [2.45, 2.75) is 6.42 Å². The van der Waals surface area contributed by atoms with E-state index in [1.807, 2.05) is 0 Å². The van der Waals surface area contributed by atoms with E-state index in [2.05, 4.69) is 20.7 Å². The fourth-order valence-corrected chi connectivity index (χ4v) is 2.13. The molecule has 2 rings (SSSR count). The largest absolute Gasteiger partial charge is 0.453 e. The van der Waals surface area contributed by atoms with E-state index in [1.165, 1.54) is 7.11 Å². The first-order chi connectivity index (χ1) is 12.0. The van der Waals surface area contributed by atoms with Gasteiger partial charge >= 0.3 is 6.09 Å². The lowest BCUT2D eigenvalue weighted by Crippen LogP contribution is -2.20. The van der Waals surface area contributed by atoms with Gasteiger partial charge in [-0.05, 0) is 29.8 Å². The Bertz CT molecular complexity index is 772. The Balaban J connectivity index is 2.09. The van der Waals surface area contributed by atoms with Gasteiger partial charge in [-0.25, -0.2) is 4.79 Å². The molecule has 0 saturated carbocycles. The van der Waals surface area contributed by atoms with Gasteiger partial charge < -0.3 is 15.4 Å². The number of hydrogen-bond acceptors (Lipinski definition) is 4. The number of rotatable bonds is 5. The minimum atomic E-state index is -0.654. The summed E-state index contributed by atoms with van der Waals surface area (Å²) in [6.45, 7) is 0. The van der Waals surface area contributed by atoms with Crippen LogP contribution in [0.4, 0.5) is 16.2 Å². The molecule has 2 aromatic rings. The average Bonchev–Trinajstić information content (AvgIpc) is 2.63. The summed E-state index contributed by atoms with van der Waals surface area (Å²) < 4.78 is 4.55. The molecule has 0 radical (unpaired) electrons. The van der Waals surface area contributed by atoms with Crippen molar-refractivity contribution in [2.24, 2.45) is 0 Å². The molecule has 0 saturated heterocycles. The topological polar surface area (TPSA) is 96.5 Å². The Morgan fingerprint density at radius 3 is 2.28 bits per heavy atom. The van der Waals surface area contributed by atoms with Crippen LogP contribution in [0.3, 0.4) is 0 Å². The van der Waals surface area contributed by atoms with Crippen LogP contribution >= 0.6 is 0 Å². The Hall–Kier alpha value is -3.35. The van der Waals surface area contributed by atoms with Gasteiger partial charge in [0, 0.05) is 12.7 Å². The zero-order valence-electron chi connectivity index (χ0n) is 14.0. The smallest absolute Gasteiger partial charge is 0.411 e. The van der Waals surface area contributed by atoms with E-state index in [-0.39, 0.29) is 18.2 Å². The summed E-state index contributed by atoms with van der Waals surface area (Å²) in [7, 11) is 2.83. The van der Waals surface area contributed by atoms with Crippen molar-refractivity contribution in [3.63, 3.8) is 0 Å². The van der Waals surface area contributed by atoms with Gasteiger partial charge in [-0.2, -0.15) is 0 Å². The standard InChI is InChI=1S/C18H19N3O4/c1-19-16(22)11-12-7-9-13(10-8-12)20-17(23)14-5-3-4-6-15(14)21-18(24)25-2/h3-10H,11H2,1-2H3,(H,19,22)(H,20,23)(H,21,24).